The van der Waals surface area contributed by atoms with Gasteiger partial charge in [-0.2, -0.15) is 0 Å². The van der Waals surface area contributed by atoms with Crippen molar-refractivity contribution in [1.82, 2.24) is 9.88 Å². The lowest BCUT2D eigenvalue weighted by Gasteiger charge is -2.32. The SMILES string of the molecule is NCCCOC1CCN(C(=O)c2cc(-c3ccco3)nc3ccccc23)CC1. The number of carbonyl (C=O) groups is 1. The monoisotopic (exact) mass is 379 g/mol. The predicted molar refractivity (Wildman–Crippen MR) is 108 cm³/mol. The van der Waals surface area contributed by atoms with E-state index in [1.165, 1.54) is 0 Å². The van der Waals surface area contributed by atoms with Crippen LogP contribution in [-0.4, -0.2) is 48.1 Å². The Kier molecular flexibility index (Phi) is 5.69. The quantitative estimate of drug-likeness (QED) is 0.663. The second-order valence-electron chi connectivity index (χ2n) is 7.05. The van der Waals surface area contributed by atoms with Crippen LogP contribution >= 0.6 is 0 Å². The van der Waals surface area contributed by atoms with E-state index in [0.29, 0.717) is 43.3 Å². The molecule has 1 aliphatic rings. The van der Waals surface area contributed by atoms with Gasteiger partial charge in [0.05, 0.1) is 23.4 Å². The van der Waals surface area contributed by atoms with Gasteiger partial charge in [-0.05, 0) is 50.1 Å². The normalized spacial score (nSPS) is 15.2. The maximum absolute atomic E-state index is 13.3. The van der Waals surface area contributed by atoms with E-state index in [2.05, 4.69) is 4.98 Å². The van der Waals surface area contributed by atoms with Gasteiger partial charge in [-0.3, -0.25) is 4.79 Å². The molecule has 1 fully saturated rings. The number of aromatic nitrogens is 1. The largest absolute Gasteiger partial charge is 0.463 e. The number of carbonyl (C=O) groups excluding carboxylic acids is 1. The van der Waals surface area contributed by atoms with Gasteiger partial charge >= 0.3 is 0 Å². The van der Waals surface area contributed by atoms with Crippen LogP contribution in [0.1, 0.15) is 29.6 Å². The number of rotatable bonds is 6. The summed E-state index contributed by atoms with van der Waals surface area (Å²) in [5.74, 6) is 0.693. The zero-order chi connectivity index (χ0) is 19.3. The molecule has 0 bridgehead atoms. The third-order valence-electron chi connectivity index (χ3n) is 5.15. The highest BCUT2D eigenvalue weighted by Gasteiger charge is 2.26. The number of nitrogens with two attached hydrogens (primary N) is 1. The van der Waals surface area contributed by atoms with Crippen molar-refractivity contribution in [3.05, 3.63) is 54.3 Å². The van der Waals surface area contributed by atoms with Crippen LogP contribution in [0.25, 0.3) is 22.4 Å². The second kappa shape index (κ2) is 8.54. The minimum atomic E-state index is 0.0341. The van der Waals surface area contributed by atoms with Crippen LogP contribution in [0, 0.1) is 0 Å². The lowest BCUT2D eigenvalue weighted by atomic mass is 10.0. The summed E-state index contributed by atoms with van der Waals surface area (Å²) < 4.78 is 11.4. The summed E-state index contributed by atoms with van der Waals surface area (Å²) in [6.45, 7) is 2.72. The van der Waals surface area contributed by atoms with Crippen molar-refractivity contribution in [2.24, 2.45) is 5.73 Å². The smallest absolute Gasteiger partial charge is 0.254 e. The van der Waals surface area contributed by atoms with Crippen molar-refractivity contribution in [2.45, 2.75) is 25.4 Å². The van der Waals surface area contributed by atoms with E-state index in [4.69, 9.17) is 14.9 Å². The third kappa shape index (κ3) is 3.93. The number of nitrogens with zero attached hydrogens (tertiary/aromatic N) is 2. The van der Waals surface area contributed by atoms with Crippen LogP contribution in [0.2, 0.25) is 0 Å². The third-order valence-corrected chi connectivity index (χ3v) is 5.15. The highest BCUT2D eigenvalue weighted by atomic mass is 16.5. The minimum absolute atomic E-state index is 0.0341. The van der Waals surface area contributed by atoms with Gasteiger partial charge in [0.2, 0.25) is 0 Å². The first-order valence-corrected chi connectivity index (χ1v) is 9.81. The lowest BCUT2D eigenvalue weighted by molar-refractivity contribution is 0.00850. The second-order valence-corrected chi connectivity index (χ2v) is 7.05. The number of furan rings is 1. The Hall–Kier alpha value is -2.70. The van der Waals surface area contributed by atoms with Crippen LogP contribution in [0.15, 0.2) is 53.1 Å². The molecule has 2 N–H and O–H groups in total. The predicted octanol–water partition coefficient (Wildman–Crippen LogP) is 3.46. The van der Waals surface area contributed by atoms with E-state index in [1.807, 2.05) is 47.4 Å². The number of fused-ring (bicyclic) bond motifs is 1. The fourth-order valence-electron chi connectivity index (χ4n) is 3.63. The molecule has 146 valence electrons. The van der Waals surface area contributed by atoms with Crippen molar-refractivity contribution in [1.29, 1.82) is 0 Å². The number of amides is 1. The first-order valence-electron chi connectivity index (χ1n) is 9.81. The molecule has 6 heteroatoms. The Labute approximate surface area is 164 Å². The van der Waals surface area contributed by atoms with Crippen LogP contribution in [0.3, 0.4) is 0 Å². The van der Waals surface area contributed by atoms with E-state index in [-0.39, 0.29) is 12.0 Å². The number of para-hydroxylation sites is 1. The van der Waals surface area contributed by atoms with E-state index in [1.54, 1.807) is 6.26 Å². The number of piperidine rings is 1. The summed E-state index contributed by atoms with van der Waals surface area (Å²) in [6, 6.07) is 13.3. The van der Waals surface area contributed by atoms with E-state index in [9.17, 15) is 4.79 Å². The summed E-state index contributed by atoms with van der Waals surface area (Å²) in [5.41, 5.74) is 7.65. The van der Waals surface area contributed by atoms with Crippen molar-refractivity contribution in [3.8, 4) is 11.5 Å². The maximum Gasteiger partial charge on any atom is 0.254 e. The molecule has 0 unspecified atom stereocenters. The number of pyridine rings is 1. The van der Waals surface area contributed by atoms with Gasteiger partial charge in [0.25, 0.3) is 5.91 Å². The zero-order valence-electron chi connectivity index (χ0n) is 15.8. The summed E-state index contributed by atoms with van der Waals surface area (Å²) in [5, 5.41) is 0.865. The van der Waals surface area contributed by atoms with Gasteiger partial charge in [0.1, 0.15) is 5.69 Å². The maximum atomic E-state index is 13.3. The molecule has 0 radical (unpaired) electrons. The van der Waals surface area contributed by atoms with Gasteiger partial charge in [0.15, 0.2) is 5.76 Å². The fourth-order valence-corrected chi connectivity index (χ4v) is 3.63. The van der Waals surface area contributed by atoms with Crippen LogP contribution in [-0.2, 0) is 4.74 Å². The average Bonchev–Trinajstić information content (AvgIpc) is 3.28. The first-order chi connectivity index (χ1) is 13.8. The van der Waals surface area contributed by atoms with Crippen molar-refractivity contribution in [3.63, 3.8) is 0 Å². The molecule has 0 atom stereocenters. The molecule has 6 nitrogen and oxygen atoms in total. The summed E-state index contributed by atoms with van der Waals surface area (Å²) >= 11 is 0. The lowest BCUT2D eigenvalue weighted by Crippen LogP contribution is -2.41. The molecule has 1 saturated heterocycles. The first kappa shape index (κ1) is 18.7. The molecule has 1 amide bonds. The number of hydrogen-bond acceptors (Lipinski definition) is 5. The van der Waals surface area contributed by atoms with Gasteiger partial charge in [-0.25, -0.2) is 4.98 Å². The summed E-state index contributed by atoms with van der Waals surface area (Å²) in [7, 11) is 0. The molecule has 2 aromatic heterocycles. The van der Waals surface area contributed by atoms with Crippen LogP contribution in [0.5, 0.6) is 0 Å². The number of hydrogen-bond donors (Lipinski definition) is 1. The number of ether oxygens (including phenoxy) is 1. The Balaban J connectivity index is 1.56. The molecular formula is C22H25N3O3. The summed E-state index contributed by atoms with van der Waals surface area (Å²) in [6.07, 6.45) is 4.40. The molecule has 1 aromatic carbocycles. The van der Waals surface area contributed by atoms with Gasteiger partial charge in [-0.1, -0.05) is 18.2 Å². The van der Waals surface area contributed by atoms with Crippen molar-refractivity contribution >= 4 is 16.8 Å². The Bertz CT molecular complexity index is 931. The topological polar surface area (TPSA) is 81.6 Å². The fraction of sp³-hybridized carbons (Fsp3) is 0.364. The van der Waals surface area contributed by atoms with E-state index < -0.39 is 0 Å². The molecule has 28 heavy (non-hydrogen) atoms. The Morgan fingerprint density at radius 2 is 2.04 bits per heavy atom. The van der Waals surface area contributed by atoms with Crippen LogP contribution < -0.4 is 5.73 Å². The van der Waals surface area contributed by atoms with Crippen LogP contribution in [0.4, 0.5) is 0 Å². The molecule has 3 heterocycles. The average molecular weight is 379 g/mol. The van der Waals surface area contributed by atoms with Crippen molar-refractivity contribution < 1.29 is 13.9 Å². The number of likely N-dealkylation sites (tertiary alicyclic amines) is 1. The minimum Gasteiger partial charge on any atom is -0.463 e. The molecular weight excluding hydrogens is 354 g/mol. The van der Waals surface area contributed by atoms with Gasteiger partial charge < -0.3 is 19.8 Å². The van der Waals surface area contributed by atoms with Gasteiger partial charge in [-0.15, -0.1) is 0 Å². The van der Waals surface area contributed by atoms with E-state index in [0.717, 1.165) is 30.2 Å². The molecule has 4 rings (SSSR count). The molecule has 1 aliphatic heterocycles. The molecule has 0 spiro atoms. The summed E-state index contributed by atoms with van der Waals surface area (Å²) in [4.78, 5) is 19.9. The Morgan fingerprint density at radius 1 is 1.21 bits per heavy atom. The molecule has 0 saturated carbocycles. The zero-order valence-corrected chi connectivity index (χ0v) is 15.8. The van der Waals surface area contributed by atoms with Crippen molar-refractivity contribution in [2.75, 3.05) is 26.2 Å². The van der Waals surface area contributed by atoms with E-state index >= 15 is 0 Å². The highest BCUT2D eigenvalue weighted by Crippen LogP contribution is 2.27. The molecule has 3 aromatic rings. The Morgan fingerprint density at radius 3 is 2.79 bits per heavy atom. The standard InChI is InChI=1S/C22H25N3O3/c23-10-4-14-27-16-8-11-25(12-9-16)22(26)18-15-20(21-7-3-13-28-21)24-19-6-2-1-5-17(18)19/h1-3,5-7,13,15-16H,4,8-12,14,23H2. The number of benzene rings is 1. The molecule has 0 aliphatic carbocycles. The van der Waals surface area contributed by atoms with Gasteiger partial charge in [0, 0.05) is 25.1 Å². The highest BCUT2D eigenvalue weighted by molar-refractivity contribution is 6.07.